The van der Waals surface area contributed by atoms with Crippen LogP contribution in [0.4, 0.5) is 8.78 Å². The van der Waals surface area contributed by atoms with Crippen LogP contribution < -0.4 is 10.1 Å². The summed E-state index contributed by atoms with van der Waals surface area (Å²) in [5, 5.41) is 12.9. The molecule has 2 N–H and O–H groups in total. The number of hydrogen-bond donors (Lipinski definition) is 2. The quantitative estimate of drug-likeness (QED) is 0.843. The van der Waals surface area contributed by atoms with Crippen LogP contribution in [0, 0.1) is 18.6 Å². The van der Waals surface area contributed by atoms with Gasteiger partial charge in [0.1, 0.15) is 5.75 Å². The Balaban J connectivity index is 2.00. The standard InChI is InChI=1S/C19H21F2NO3/c1-11-4-5-13(8-17(11)25-3)9-18(23)22-12(2)19(24)14-6-7-15(20)16(21)10-14/h4-8,10,12,19,24H,9H2,1-3H3,(H,22,23). The molecule has 0 spiro atoms. The number of amides is 1. The third-order valence-corrected chi connectivity index (χ3v) is 3.98. The number of nitrogens with one attached hydrogen (secondary N) is 1. The zero-order chi connectivity index (χ0) is 18.6. The highest BCUT2D eigenvalue weighted by Gasteiger charge is 2.20. The third-order valence-electron chi connectivity index (χ3n) is 3.98. The molecule has 0 aliphatic rings. The second-order valence-electron chi connectivity index (χ2n) is 5.96. The molecule has 25 heavy (non-hydrogen) atoms. The minimum Gasteiger partial charge on any atom is -0.496 e. The number of benzene rings is 2. The summed E-state index contributed by atoms with van der Waals surface area (Å²) in [6, 6.07) is 7.97. The van der Waals surface area contributed by atoms with Crippen molar-refractivity contribution in [1.82, 2.24) is 5.32 Å². The molecule has 0 heterocycles. The van der Waals surface area contributed by atoms with Crippen molar-refractivity contribution in [3.8, 4) is 5.75 Å². The van der Waals surface area contributed by atoms with Crippen molar-refractivity contribution in [2.45, 2.75) is 32.4 Å². The third kappa shape index (κ3) is 4.76. The van der Waals surface area contributed by atoms with Crippen LogP contribution in [0.2, 0.25) is 0 Å². The Morgan fingerprint density at radius 3 is 2.56 bits per heavy atom. The van der Waals surface area contributed by atoms with Crippen LogP contribution in [0.1, 0.15) is 29.7 Å². The van der Waals surface area contributed by atoms with E-state index in [2.05, 4.69) is 5.32 Å². The molecule has 0 fully saturated rings. The molecule has 0 aliphatic heterocycles. The van der Waals surface area contributed by atoms with Gasteiger partial charge in [0.2, 0.25) is 5.91 Å². The van der Waals surface area contributed by atoms with Gasteiger partial charge in [0.25, 0.3) is 0 Å². The van der Waals surface area contributed by atoms with Crippen molar-refractivity contribution in [2.75, 3.05) is 7.11 Å². The number of hydrogen-bond acceptors (Lipinski definition) is 3. The Labute approximate surface area is 145 Å². The van der Waals surface area contributed by atoms with Gasteiger partial charge in [0, 0.05) is 0 Å². The van der Waals surface area contributed by atoms with E-state index in [1.54, 1.807) is 20.1 Å². The smallest absolute Gasteiger partial charge is 0.224 e. The molecule has 0 aromatic heterocycles. The highest BCUT2D eigenvalue weighted by Crippen LogP contribution is 2.21. The lowest BCUT2D eigenvalue weighted by atomic mass is 10.0. The predicted octanol–water partition coefficient (Wildman–Crippen LogP) is 3.06. The van der Waals surface area contributed by atoms with Crippen LogP contribution in [-0.4, -0.2) is 24.2 Å². The van der Waals surface area contributed by atoms with E-state index in [0.29, 0.717) is 5.75 Å². The van der Waals surface area contributed by atoms with E-state index >= 15 is 0 Å². The summed E-state index contributed by atoms with van der Waals surface area (Å²) in [5.74, 6) is -1.62. The average molecular weight is 349 g/mol. The van der Waals surface area contributed by atoms with Gasteiger partial charge >= 0.3 is 0 Å². The van der Waals surface area contributed by atoms with Crippen molar-refractivity contribution < 1.29 is 23.4 Å². The summed E-state index contributed by atoms with van der Waals surface area (Å²) in [4.78, 5) is 12.2. The van der Waals surface area contributed by atoms with Gasteiger partial charge in [-0.15, -0.1) is 0 Å². The van der Waals surface area contributed by atoms with Crippen molar-refractivity contribution in [1.29, 1.82) is 0 Å². The molecule has 2 unspecified atom stereocenters. The summed E-state index contributed by atoms with van der Waals surface area (Å²) >= 11 is 0. The molecule has 0 radical (unpaired) electrons. The highest BCUT2D eigenvalue weighted by molar-refractivity contribution is 5.79. The van der Waals surface area contributed by atoms with Gasteiger partial charge in [-0.1, -0.05) is 18.2 Å². The lowest BCUT2D eigenvalue weighted by molar-refractivity contribution is -0.121. The van der Waals surface area contributed by atoms with Gasteiger partial charge in [-0.2, -0.15) is 0 Å². The molecule has 2 aromatic rings. The fraction of sp³-hybridized carbons (Fsp3) is 0.316. The van der Waals surface area contributed by atoms with Gasteiger partial charge in [-0.3, -0.25) is 4.79 Å². The Morgan fingerprint density at radius 1 is 1.20 bits per heavy atom. The number of rotatable bonds is 6. The van der Waals surface area contributed by atoms with Crippen LogP contribution in [0.5, 0.6) is 5.75 Å². The number of halogens is 2. The summed E-state index contributed by atoms with van der Waals surface area (Å²) in [5.41, 5.74) is 1.94. The molecular weight excluding hydrogens is 328 g/mol. The number of aliphatic hydroxyl groups is 1. The predicted molar refractivity (Wildman–Crippen MR) is 90.4 cm³/mol. The minimum atomic E-state index is -1.15. The molecule has 6 heteroatoms. The Bertz CT molecular complexity index is 764. The zero-order valence-electron chi connectivity index (χ0n) is 14.3. The minimum absolute atomic E-state index is 0.117. The first-order valence-electron chi connectivity index (χ1n) is 7.87. The largest absolute Gasteiger partial charge is 0.496 e. The zero-order valence-corrected chi connectivity index (χ0v) is 14.3. The first kappa shape index (κ1) is 18.9. The summed E-state index contributed by atoms with van der Waals surface area (Å²) < 4.78 is 31.5. The number of carbonyl (C=O) groups excluding carboxylic acids is 1. The molecule has 0 saturated heterocycles. The average Bonchev–Trinajstić information content (AvgIpc) is 2.58. The maximum Gasteiger partial charge on any atom is 0.224 e. The molecule has 1 amide bonds. The SMILES string of the molecule is COc1cc(CC(=O)NC(C)C(O)c2ccc(F)c(F)c2)ccc1C. The first-order valence-corrected chi connectivity index (χ1v) is 7.87. The number of aryl methyl sites for hydroxylation is 1. The lowest BCUT2D eigenvalue weighted by Gasteiger charge is -2.21. The first-order chi connectivity index (χ1) is 11.8. The van der Waals surface area contributed by atoms with Crippen LogP contribution in [0.25, 0.3) is 0 Å². The molecule has 2 aromatic carbocycles. The van der Waals surface area contributed by atoms with Crippen LogP contribution in [-0.2, 0) is 11.2 Å². The molecule has 4 nitrogen and oxygen atoms in total. The molecule has 2 rings (SSSR count). The maximum absolute atomic E-state index is 13.3. The molecule has 2 atom stereocenters. The van der Waals surface area contributed by atoms with Gasteiger partial charge in [0.05, 0.1) is 25.7 Å². The number of aliphatic hydroxyl groups excluding tert-OH is 1. The van der Waals surface area contributed by atoms with E-state index in [-0.39, 0.29) is 17.9 Å². The number of ether oxygens (including phenoxy) is 1. The van der Waals surface area contributed by atoms with E-state index in [9.17, 15) is 18.7 Å². The van der Waals surface area contributed by atoms with E-state index in [1.165, 1.54) is 6.07 Å². The molecule has 0 aliphatic carbocycles. The summed E-state index contributed by atoms with van der Waals surface area (Å²) in [6.45, 7) is 3.50. The summed E-state index contributed by atoms with van der Waals surface area (Å²) in [7, 11) is 1.56. The Kier molecular flexibility index (Phi) is 6.09. The molecular formula is C19H21F2NO3. The monoisotopic (exact) mass is 349 g/mol. The van der Waals surface area contributed by atoms with E-state index in [0.717, 1.165) is 23.3 Å². The van der Waals surface area contributed by atoms with Crippen molar-refractivity contribution >= 4 is 5.91 Å². The van der Waals surface area contributed by atoms with Crippen LogP contribution >= 0.6 is 0 Å². The van der Waals surface area contributed by atoms with Crippen molar-refractivity contribution in [3.05, 3.63) is 64.7 Å². The normalized spacial score (nSPS) is 13.2. The van der Waals surface area contributed by atoms with Crippen molar-refractivity contribution in [3.63, 3.8) is 0 Å². The van der Waals surface area contributed by atoms with E-state index in [1.807, 2.05) is 19.1 Å². The highest BCUT2D eigenvalue weighted by atomic mass is 19.2. The second-order valence-corrected chi connectivity index (χ2v) is 5.96. The fourth-order valence-corrected chi connectivity index (χ4v) is 2.53. The van der Waals surface area contributed by atoms with Gasteiger partial charge in [0.15, 0.2) is 11.6 Å². The van der Waals surface area contributed by atoms with Crippen LogP contribution in [0.3, 0.4) is 0 Å². The van der Waals surface area contributed by atoms with Crippen molar-refractivity contribution in [2.24, 2.45) is 0 Å². The topological polar surface area (TPSA) is 58.6 Å². The second kappa shape index (κ2) is 8.07. The number of carbonyl (C=O) groups is 1. The Hall–Kier alpha value is -2.47. The fourth-order valence-electron chi connectivity index (χ4n) is 2.53. The molecule has 134 valence electrons. The van der Waals surface area contributed by atoms with Gasteiger partial charge in [-0.25, -0.2) is 8.78 Å². The lowest BCUT2D eigenvalue weighted by Crippen LogP contribution is -2.38. The summed E-state index contributed by atoms with van der Waals surface area (Å²) in [6.07, 6.45) is -1.03. The van der Waals surface area contributed by atoms with Crippen LogP contribution in [0.15, 0.2) is 36.4 Å². The molecule has 0 saturated carbocycles. The number of methoxy groups -OCH3 is 1. The maximum atomic E-state index is 13.3. The van der Waals surface area contributed by atoms with E-state index in [4.69, 9.17) is 4.74 Å². The van der Waals surface area contributed by atoms with Gasteiger partial charge in [-0.05, 0) is 48.7 Å². The van der Waals surface area contributed by atoms with Gasteiger partial charge < -0.3 is 15.2 Å². The molecule has 0 bridgehead atoms. The Morgan fingerprint density at radius 2 is 1.92 bits per heavy atom. The van der Waals surface area contributed by atoms with E-state index < -0.39 is 23.8 Å².